The summed E-state index contributed by atoms with van der Waals surface area (Å²) in [7, 11) is 2.04. The van der Waals surface area contributed by atoms with E-state index in [1.807, 2.05) is 32.2 Å². The first-order valence-corrected chi connectivity index (χ1v) is 7.43. The van der Waals surface area contributed by atoms with E-state index in [2.05, 4.69) is 55.2 Å². The molecule has 4 nitrogen and oxygen atoms in total. The van der Waals surface area contributed by atoms with Crippen molar-refractivity contribution in [2.75, 3.05) is 23.8 Å². The predicted octanol–water partition coefficient (Wildman–Crippen LogP) is 3.62. The number of halogens is 1. The number of rotatable bonds is 5. The summed E-state index contributed by atoms with van der Waals surface area (Å²) in [4.78, 5) is 11.0. The Morgan fingerprint density at radius 2 is 2.05 bits per heavy atom. The van der Waals surface area contributed by atoms with Gasteiger partial charge in [-0.15, -0.1) is 0 Å². The second-order valence-electron chi connectivity index (χ2n) is 4.67. The Hall–Kier alpha value is -1.62. The fourth-order valence-electron chi connectivity index (χ4n) is 2.01. The number of anilines is 2. The van der Waals surface area contributed by atoms with Crippen LogP contribution in [0.25, 0.3) is 0 Å². The first kappa shape index (κ1) is 14.8. The number of hydrogen-bond acceptors (Lipinski definition) is 4. The van der Waals surface area contributed by atoms with Crippen molar-refractivity contribution in [3.63, 3.8) is 0 Å². The summed E-state index contributed by atoms with van der Waals surface area (Å²) in [6, 6.07) is 10.3. The maximum atomic E-state index is 4.50. The van der Waals surface area contributed by atoms with Crippen LogP contribution in [0.1, 0.15) is 18.3 Å². The minimum atomic E-state index is 0.777. The standard InChI is InChI=1S/C15H19BrN4/c1-4-17-14-9-15(19-11(2)18-14)20(3)10-12-6-5-7-13(16)8-12/h5-9H,4,10H2,1-3H3,(H,17,18,19). The summed E-state index contributed by atoms with van der Waals surface area (Å²) in [5.41, 5.74) is 1.24. The Morgan fingerprint density at radius 3 is 2.75 bits per heavy atom. The smallest absolute Gasteiger partial charge is 0.134 e. The molecule has 0 unspecified atom stereocenters. The molecule has 0 aliphatic carbocycles. The van der Waals surface area contributed by atoms with Crippen LogP contribution in [0.3, 0.4) is 0 Å². The van der Waals surface area contributed by atoms with Gasteiger partial charge in [-0.3, -0.25) is 0 Å². The minimum absolute atomic E-state index is 0.777. The van der Waals surface area contributed by atoms with Crippen molar-refractivity contribution in [3.05, 3.63) is 46.2 Å². The van der Waals surface area contributed by atoms with Gasteiger partial charge in [-0.1, -0.05) is 28.1 Å². The number of aryl methyl sites for hydroxylation is 1. The molecule has 106 valence electrons. The molecule has 0 atom stereocenters. The Labute approximate surface area is 128 Å². The van der Waals surface area contributed by atoms with Gasteiger partial charge in [0.1, 0.15) is 17.5 Å². The summed E-state index contributed by atoms with van der Waals surface area (Å²) in [5, 5.41) is 3.23. The van der Waals surface area contributed by atoms with Crippen LogP contribution >= 0.6 is 15.9 Å². The molecule has 1 N–H and O–H groups in total. The lowest BCUT2D eigenvalue weighted by Crippen LogP contribution is -2.19. The highest BCUT2D eigenvalue weighted by atomic mass is 79.9. The van der Waals surface area contributed by atoms with Crippen LogP contribution < -0.4 is 10.2 Å². The van der Waals surface area contributed by atoms with Gasteiger partial charge >= 0.3 is 0 Å². The monoisotopic (exact) mass is 334 g/mol. The molecule has 0 aliphatic heterocycles. The third-order valence-electron chi connectivity index (χ3n) is 2.88. The fraction of sp³-hybridized carbons (Fsp3) is 0.333. The van der Waals surface area contributed by atoms with E-state index < -0.39 is 0 Å². The van der Waals surface area contributed by atoms with E-state index in [1.165, 1.54) is 5.56 Å². The van der Waals surface area contributed by atoms with Gasteiger partial charge in [-0.05, 0) is 31.5 Å². The number of hydrogen-bond donors (Lipinski definition) is 1. The van der Waals surface area contributed by atoms with E-state index in [1.54, 1.807) is 0 Å². The van der Waals surface area contributed by atoms with Crippen LogP contribution in [0.5, 0.6) is 0 Å². The fourth-order valence-corrected chi connectivity index (χ4v) is 2.46. The number of nitrogens with zero attached hydrogens (tertiary/aromatic N) is 3. The van der Waals surface area contributed by atoms with E-state index >= 15 is 0 Å². The van der Waals surface area contributed by atoms with Gasteiger partial charge in [0.2, 0.25) is 0 Å². The third-order valence-corrected chi connectivity index (χ3v) is 3.38. The molecule has 0 saturated carbocycles. The summed E-state index contributed by atoms with van der Waals surface area (Å²) < 4.78 is 1.09. The molecular formula is C15H19BrN4. The van der Waals surface area contributed by atoms with E-state index in [-0.39, 0.29) is 0 Å². The molecule has 5 heteroatoms. The van der Waals surface area contributed by atoms with E-state index in [0.717, 1.165) is 35.0 Å². The molecule has 20 heavy (non-hydrogen) atoms. The van der Waals surface area contributed by atoms with Crippen molar-refractivity contribution < 1.29 is 0 Å². The first-order chi connectivity index (χ1) is 9.58. The van der Waals surface area contributed by atoms with Gasteiger partial charge in [0, 0.05) is 30.7 Å². The zero-order valence-corrected chi connectivity index (χ0v) is 13.6. The summed E-state index contributed by atoms with van der Waals surface area (Å²) in [6.45, 7) is 5.63. The lowest BCUT2D eigenvalue weighted by Gasteiger charge is -2.19. The van der Waals surface area contributed by atoms with E-state index in [4.69, 9.17) is 0 Å². The minimum Gasteiger partial charge on any atom is -0.370 e. The van der Waals surface area contributed by atoms with Gasteiger partial charge in [0.25, 0.3) is 0 Å². The van der Waals surface area contributed by atoms with Gasteiger partial charge < -0.3 is 10.2 Å². The van der Waals surface area contributed by atoms with Crippen LogP contribution in [0.2, 0.25) is 0 Å². The normalized spacial score (nSPS) is 10.4. The lowest BCUT2D eigenvalue weighted by atomic mass is 10.2. The van der Waals surface area contributed by atoms with Crippen LogP contribution in [0.15, 0.2) is 34.8 Å². The number of nitrogens with one attached hydrogen (secondary N) is 1. The molecule has 0 saturated heterocycles. The highest BCUT2D eigenvalue weighted by Gasteiger charge is 2.07. The highest BCUT2D eigenvalue weighted by Crippen LogP contribution is 2.18. The van der Waals surface area contributed by atoms with Gasteiger partial charge in [-0.2, -0.15) is 0 Å². The topological polar surface area (TPSA) is 41.0 Å². The molecule has 0 amide bonds. The molecule has 2 rings (SSSR count). The molecule has 1 aromatic heterocycles. The first-order valence-electron chi connectivity index (χ1n) is 6.63. The van der Waals surface area contributed by atoms with Gasteiger partial charge in [0.15, 0.2) is 0 Å². The van der Waals surface area contributed by atoms with Gasteiger partial charge in [-0.25, -0.2) is 9.97 Å². The second-order valence-corrected chi connectivity index (χ2v) is 5.59. The van der Waals surface area contributed by atoms with E-state index in [9.17, 15) is 0 Å². The largest absolute Gasteiger partial charge is 0.370 e. The zero-order valence-electron chi connectivity index (χ0n) is 12.0. The van der Waals surface area contributed by atoms with Crippen LogP contribution in [0, 0.1) is 6.92 Å². The maximum absolute atomic E-state index is 4.50. The Bertz CT molecular complexity index is 586. The second kappa shape index (κ2) is 6.70. The lowest BCUT2D eigenvalue weighted by molar-refractivity contribution is 0.878. The predicted molar refractivity (Wildman–Crippen MR) is 87.2 cm³/mol. The van der Waals surface area contributed by atoms with Gasteiger partial charge in [0.05, 0.1) is 0 Å². The number of benzene rings is 1. The maximum Gasteiger partial charge on any atom is 0.134 e. The molecule has 0 spiro atoms. The zero-order chi connectivity index (χ0) is 14.5. The van der Waals surface area contributed by atoms with Crippen LogP contribution in [0.4, 0.5) is 11.6 Å². The Balaban J connectivity index is 2.18. The SMILES string of the molecule is CCNc1cc(N(C)Cc2cccc(Br)c2)nc(C)n1. The number of aromatic nitrogens is 2. The molecule has 1 heterocycles. The molecule has 1 aromatic carbocycles. The molecule has 0 fully saturated rings. The van der Waals surface area contributed by atoms with Crippen molar-refractivity contribution in [2.24, 2.45) is 0 Å². The van der Waals surface area contributed by atoms with E-state index in [0.29, 0.717) is 0 Å². The Morgan fingerprint density at radius 1 is 1.25 bits per heavy atom. The molecule has 0 radical (unpaired) electrons. The highest BCUT2D eigenvalue weighted by molar-refractivity contribution is 9.10. The molecule has 2 aromatic rings. The average molecular weight is 335 g/mol. The average Bonchev–Trinajstić information content (AvgIpc) is 2.38. The van der Waals surface area contributed by atoms with Crippen molar-refractivity contribution in [1.82, 2.24) is 9.97 Å². The molecule has 0 aliphatic rings. The summed E-state index contributed by atoms with van der Waals surface area (Å²) in [5.74, 6) is 2.57. The quantitative estimate of drug-likeness (QED) is 0.906. The molecular weight excluding hydrogens is 316 g/mol. The van der Waals surface area contributed by atoms with Crippen molar-refractivity contribution in [3.8, 4) is 0 Å². The van der Waals surface area contributed by atoms with Crippen molar-refractivity contribution in [2.45, 2.75) is 20.4 Å². The summed E-state index contributed by atoms with van der Waals surface area (Å²) >= 11 is 3.50. The van der Waals surface area contributed by atoms with Crippen LogP contribution in [-0.4, -0.2) is 23.6 Å². The third kappa shape index (κ3) is 3.93. The van der Waals surface area contributed by atoms with Crippen molar-refractivity contribution >= 4 is 27.6 Å². The van der Waals surface area contributed by atoms with Crippen LogP contribution in [-0.2, 0) is 6.54 Å². The molecule has 0 bridgehead atoms. The van der Waals surface area contributed by atoms with Crippen molar-refractivity contribution in [1.29, 1.82) is 0 Å². The Kier molecular flexibility index (Phi) is 4.95. The summed E-state index contributed by atoms with van der Waals surface area (Å²) in [6.07, 6.45) is 0.